The van der Waals surface area contributed by atoms with Gasteiger partial charge in [-0.1, -0.05) is 6.07 Å². The Morgan fingerprint density at radius 1 is 1.48 bits per heavy atom. The molecule has 1 fully saturated rings. The van der Waals surface area contributed by atoms with E-state index in [-0.39, 0.29) is 11.8 Å². The van der Waals surface area contributed by atoms with Gasteiger partial charge < -0.3 is 15.1 Å². The molecule has 3 rings (SSSR count). The van der Waals surface area contributed by atoms with Gasteiger partial charge in [0.1, 0.15) is 6.26 Å². The first-order chi connectivity index (χ1) is 10.3. The predicted molar refractivity (Wildman–Crippen MR) is 76.8 cm³/mol. The molecule has 0 aromatic carbocycles. The highest BCUT2D eigenvalue weighted by molar-refractivity contribution is 5.91. The molecule has 1 amide bonds. The van der Waals surface area contributed by atoms with Crippen LogP contribution in [0.4, 0.5) is 0 Å². The molecule has 2 N–H and O–H groups in total. The normalized spacial score (nSPS) is 18.4. The van der Waals surface area contributed by atoms with E-state index in [2.05, 4.69) is 20.6 Å². The highest BCUT2D eigenvalue weighted by atomic mass is 16.3. The molecule has 0 bridgehead atoms. The molecule has 0 radical (unpaired) electrons. The summed E-state index contributed by atoms with van der Waals surface area (Å²) in [6.45, 7) is 2.27. The fraction of sp³-hybridized carbons (Fsp3) is 0.400. The first kappa shape index (κ1) is 13.8. The standard InChI is InChI=1S/C15H18N4O2/c20-14(18-9-12-5-1-2-7-17-12)13-10-21-15(19-13)11-4-3-6-16-8-11/h1-2,5,7,10-11,16H,3-4,6,8-9H2,(H,18,20). The number of hydrogen-bond acceptors (Lipinski definition) is 5. The van der Waals surface area contributed by atoms with Gasteiger partial charge in [-0.15, -0.1) is 0 Å². The lowest BCUT2D eigenvalue weighted by atomic mass is 10.00. The third kappa shape index (κ3) is 3.46. The second-order valence-corrected chi connectivity index (χ2v) is 5.12. The number of nitrogens with zero attached hydrogens (tertiary/aromatic N) is 2. The van der Waals surface area contributed by atoms with Gasteiger partial charge in [-0.2, -0.15) is 0 Å². The summed E-state index contributed by atoms with van der Waals surface area (Å²) in [6.07, 6.45) is 5.28. The lowest BCUT2D eigenvalue weighted by molar-refractivity contribution is 0.0945. The van der Waals surface area contributed by atoms with Crippen LogP contribution in [0.15, 0.2) is 35.1 Å². The molecule has 1 aliphatic rings. The number of carbonyl (C=O) groups excluding carboxylic acids is 1. The molecular weight excluding hydrogens is 268 g/mol. The summed E-state index contributed by atoms with van der Waals surface area (Å²) in [5, 5.41) is 6.10. The molecule has 0 aliphatic carbocycles. The van der Waals surface area contributed by atoms with E-state index in [0.717, 1.165) is 31.6 Å². The van der Waals surface area contributed by atoms with E-state index in [9.17, 15) is 4.79 Å². The van der Waals surface area contributed by atoms with E-state index in [0.29, 0.717) is 18.1 Å². The van der Waals surface area contributed by atoms with Crippen LogP contribution in [0.2, 0.25) is 0 Å². The fourth-order valence-corrected chi connectivity index (χ4v) is 2.41. The van der Waals surface area contributed by atoms with Crippen LogP contribution in [-0.2, 0) is 6.54 Å². The van der Waals surface area contributed by atoms with Crippen LogP contribution in [0.5, 0.6) is 0 Å². The van der Waals surface area contributed by atoms with Crippen molar-refractivity contribution in [1.82, 2.24) is 20.6 Å². The van der Waals surface area contributed by atoms with Crippen molar-refractivity contribution in [1.29, 1.82) is 0 Å². The maximum absolute atomic E-state index is 12.0. The van der Waals surface area contributed by atoms with Crippen molar-refractivity contribution in [2.75, 3.05) is 13.1 Å². The average Bonchev–Trinajstić information content (AvgIpc) is 3.04. The Hall–Kier alpha value is -2.21. The van der Waals surface area contributed by atoms with Crippen molar-refractivity contribution in [3.05, 3.63) is 47.9 Å². The lowest BCUT2D eigenvalue weighted by Gasteiger charge is -2.19. The Balaban J connectivity index is 1.59. The van der Waals surface area contributed by atoms with E-state index in [4.69, 9.17) is 4.42 Å². The summed E-state index contributed by atoms with van der Waals surface area (Å²) in [5.74, 6) is 0.667. The van der Waals surface area contributed by atoms with E-state index in [1.54, 1.807) is 6.20 Å². The van der Waals surface area contributed by atoms with Crippen molar-refractivity contribution in [3.63, 3.8) is 0 Å². The molecule has 21 heavy (non-hydrogen) atoms. The van der Waals surface area contributed by atoms with Gasteiger partial charge in [0.2, 0.25) is 0 Å². The second kappa shape index (κ2) is 6.49. The number of amides is 1. The SMILES string of the molecule is O=C(NCc1ccccn1)c1coc(C2CCCNC2)n1. The Bertz CT molecular complexity index is 591. The number of hydrogen-bond donors (Lipinski definition) is 2. The van der Waals surface area contributed by atoms with Gasteiger partial charge in [0.15, 0.2) is 11.6 Å². The number of rotatable bonds is 4. The first-order valence-electron chi connectivity index (χ1n) is 7.17. The van der Waals surface area contributed by atoms with Crippen molar-refractivity contribution in [3.8, 4) is 0 Å². The van der Waals surface area contributed by atoms with Crippen LogP contribution in [0, 0.1) is 0 Å². The molecule has 3 heterocycles. The third-order valence-electron chi connectivity index (χ3n) is 3.56. The van der Waals surface area contributed by atoms with Crippen molar-refractivity contribution in [2.45, 2.75) is 25.3 Å². The molecule has 6 nitrogen and oxygen atoms in total. The monoisotopic (exact) mass is 286 g/mol. The topological polar surface area (TPSA) is 80.0 Å². The Labute approximate surface area is 123 Å². The molecule has 1 unspecified atom stereocenters. The highest BCUT2D eigenvalue weighted by Crippen LogP contribution is 2.22. The van der Waals surface area contributed by atoms with E-state index in [1.807, 2.05) is 18.2 Å². The number of nitrogens with one attached hydrogen (secondary N) is 2. The molecular formula is C15H18N4O2. The number of carbonyl (C=O) groups is 1. The molecule has 1 saturated heterocycles. The smallest absolute Gasteiger partial charge is 0.273 e. The Morgan fingerprint density at radius 2 is 2.43 bits per heavy atom. The summed E-state index contributed by atoms with van der Waals surface area (Å²) in [6, 6.07) is 5.59. The molecule has 2 aromatic rings. The predicted octanol–water partition coefficient (Wildman–Crippen LogP) is 1.47. The zero-order valence-corrected chi connectivity index (χ0v) is 11.7. The minimum atomic E-state index is -0.237. The van der Waals surface area contributed by atoms with Crippen LogP contribution in [0.1, 0.15) is 40.8 Å². The molecule has 110 valence electrons. The minimum absolute atomic E-state index is 0.237. The van der Waals surface area contributed by atoms with Crippen LogP contribution in [-0.4, -0.2) is 29.0 Å². The lowest BCUT2D eigenvalue weighted by Crippen LogP contribution is -2.28. The van der Waals surface area contributed by atoms with Gasteiger partial charge in [-0.3, -0.25) is 9.78 Å². The van der Waals surface area contributed by atoms with Crippen LogP contribution in [0.25, 0.3) is 0 Å². The molecule has 6 heteroatoms. The maximum atomic E-state index is 12.0. The van der Waals surface area contributed by atoms with Gasteiger partial charge in [-0.05, 0) is 31.5 Å². The second-order valence-electron chi connectivity index (χ2n) is 5.12. The van der Waals surface area contributed by atoms with E-state index < -0.39 is 0 Å². The van der Waals surface area contributed by atoms with Crippen molar-refractivity contribution in [2.24, 2.45) is 0 Å². The highest BCUT2D eigenvalue weighted by Gasteiger charge is 2.21. The zero-order chi connectivity index (χ0) is 14.5. The van der Waals surface area contributed by atoms with Gasteiger partial charge >= 0.3 is 0 Å². The number of aromatic nitrogens is 2. The Kier molecular flexibility index (Phi) is 4.25. The summed E-state index contributed by atoms with van der Waals surface area (Å²) in [7, 11) is 0. The molecule has 1 aliphatic heterocycles. The molecule has 0 saturated carbocycles. The minimum Gasteiger partial charge on any atom is -0.448 e. The Morgan fingerprint density at radius 3 is 3.19 bits per heavy atom. The van der Waals surface area contributed by atoms with Crippen molar-refractivity contribution >= 4 is 5.91 Å². The van der Waals surface area contributed by atoms with Gasteiger partial charge in [-0.25, -0.2) is 4.98 Å². The van der Waals surface area contributed by atoms with E-state index >= 15 is 0 Å². The van der Waals surface area contributed by atoms with Gasteiger partial charge in [0.25, 0.3) is 5.91 Å². The summed E-state index contributed by atoms with van der Waals surface area (Å²) >= 11 is 0. The third-order valence-corrected chi connectivity index (χ3v) is 3.56. The summed E-state index contributed by atoms with van der Waals surface area (Å²) < 4.78 is 5.45. The quantitative estimate of drug-likeness (QED) is 0.889. The zero-order valence-electron chi connectivity index (χ0n) is 11.7. The van der Waals surface area contributed by atoms with Crippen LogP contribution in [0.3, 0.4) is 0 Å². The maximum Gasteiger partial charge on any atom is 0.273 e. The fourth-order valence-electron chi connectivity index (χ4n) is 2.41. The van der Waals surface area contributed by atoms with Crippen LogP contribution < -0.4 is 10.6 Å². The van der Waals surface area contributed by atoms with Gasteiger partial charge in [0, 0.05) is 18.7 Å². The van der Waals surface area contributed by atoms with Crippen LogP contribution >= 0.6 is 0 Å². The van der Waals surface area contributed by atoms with Gasteiger partial charge in [0.05, 0.1) is 12.2 Å². The number of piperidine rings is 1. The first-order valence-corrected chi connectivity index (χ1v) is 7.17. The summed E-state index contributed by atoms with van der Waals surface area (Å²) in [4.78, 5) is 20.5. The average molecular weight is 286 g/mol. The van der Waals surface area contributed by atoms with E-state index in [1.165, 1.54) is 6.26 Å². The van der Waals surface area contributed by atoms with Crippen molar-refractivity contribution < 1.29 is 9.21 Å². The summed E-state index contributed by atoms with van der Waals surface area (Å²) in [5.41, 5.74) is 1.14. The molecule has 2 aromatic heterocycles. The number of oxazole rings is 1. The molecule has 0 spiro atoms. The molecule has 1 atom stereocenters. The number of pyridine rings is 1. The largest absolute Gasteiger partial charge is 0.448 e.